The van der Waals surface area contributed by atoms with Crippen molar-refractivity contribution in [1.82, 2.24) is 14.3 Å². The maximum absolute atomic E-state index is 15.3. The van der Waals surface area contributed by atoms with Crippen LogP contribution in [0.3, 0.4) is 0 Å². The monoisotopic (exact) mass is 595 g/mol. The molecule has 14 heteroatoms. The van der Waals surface area contributed by atoms with Crippen LogP contribution in [0.4, 0.5) is 10.1 Å². The molecule has 0 unspecified atom stereocenters. The van der Waals surface area contributed by atoms with Gasteiger partial charge in [-0.25, -0.2) is 17.8 Å². The standard InChI is InChI=1S/C25H28ClFN6O4S2/c1-16(21-6-7-22(26)38-21)15-39(36,37)30-19-8-10-32(25(19)35)20-5-4-17(12-18(20)27)31-11-9-29-24(31)14-33(2,3)13-23(28)34/h4-7,9,11-12,15,19,30H,8,10,13-14H2,1-3H3,(H-,28,34)/p+1/b16-15+/t19-/m0/s1. The van der Waals surface area contributed by atoms with Gasteiger partial charge in [0.15, 0.2) is 12.4 Å². The highest BCUT2D eigenvalue weighted by Gasteiger charge is 2.36. The molecule has 208 valence electrons. The normalized spacial score (nSPS) is 16.7. The zero-order chi connectivity index (χ0) is 28.5. The lowest BCUT2D eigenvalue weighted by Crippen LogP contribution is -2.45. The Kier molecular flexibility index (Phi) is 8.28. The van der Waals surface area contributed by atoms with Crippen LogP contribution in [0.1, 0.15) is 24.0 Å². The Labute approximate surface area is 235 Å². The summed E-state index contributed by atoms with van der Waals surface area (Å²) in [6.45, 7) is 2.28. The SMILES string of the molecule is C/C(=C\S(=O)(=O)N[C@H]1CCN(c2ccc(-n3ccnc3C[N+](C)(C)CC(N)=O)cc2F)C1=O)c1ccc(Cl)s1. The van der Waals surface area contributed by atoms with Gasteiger partial charge in [-0.3, -0.25) is 14.2 Å². The predicted molar refractivity (Wildman–Crippen MR) is 149 cm³/mol. The number of hydrogen-bond donors (Lipinski definition) is 2. The number of nitrogens with one attached hydrogen (secondary N) is 1. The smallest absolute Gasteiger partial charge is 0.272 e. The summed E-state index contributed by atoms with van der Waals surface area (Å²) in [5.74, 6) is -1.01. The number of carbonyl (C=O) groups is 2. The Balaban J connectivity index is 1.48. The van der Waals surface area contributed by atoms with Gasteiger partial charge in [0.25, 0.3) is 5.91 Å². The summed E-state index contributed by atoms with van der Waals surface area (Å²) in [7, 11) is -0.267. The third-order valence-corrected chi connectivity index (χ3v) is 8.82. The number of hydrogen-bond acceptors (Lipinski definition) is 6. The highest BCUT2D eigenvalue weighted by atomic mass is 35.5. The second-order valence-electron chi connectivity index (χ2n) is 9.97. The quantitative estimate of drug-likeness (QED) is 0.349. The van der Waals surface area contributed by atoms with Gasteiger partial charge in [0.1, 0.15) is 18.4 Å². The lowest BCUT2D eigenvalue weighted by atomic mass is 10.2. The molecule has 3 aromatic rings. The maximum atomic E-state index is 15.3. The average Bonchev–Trinajstić information content (AvgIpc) is 3.53. The number of aromatic nitrogens is 2. The molecular weight excluding hydrogens is 567 g/mol. The van der Waals surface area contributed by atoms with Crippen molar-refractivity contribution in [3.63, 3.8) is 0 Å². The molecule has 0 spiro atoms. The maximum Gasteiger partial charge on any atom is 0.272 e. The van der Waals surface area contributed by atoms with E-state index in [1.54, 1.807) is 42.1 Å². The van der Waals surface area contributed by atoms with Crippen molar-refractivity contribution in [2.75, 3.05) is 32.1 Å². The number of nitrogens with zero attached hydrogens (tertiary/aromatic N) is 4. The summed E-state index contributed by atoms with van der Waals surface area (Å²) in [4.78, 5) is 30.7. The Morgan fingerprint density at radius 1 is 1.33 bits per heavy atom. The van der Waals surface area contributed by atoms with Crippen molar-refractivity contribution in [3.8, 4) is 5.69 Å². The van der Waals surface area contributed by atoms with Crippen molar-refractivity contribution in [2.24, 2.45) is 5.73 Å². The lowest BCUT2D eigenvalue weighted by Gasteiger charge is -2.28. The van der Waals surface area contributed by atoms with E-state index >= 15 is 4.39 Å². The molecule has 0 radical (unpaired) electrons. The molecule has 2 aromatic heterocycles. The van der Waals surface area contributed by atoms with Crippen LogP contribution >= 0.6 is 22.9 Å². The van der Waals surface area contributed by atoms with E-state index in [4.69, 9.17) is 17.3 Å². The molecule has 39 heavy (non-hydrogen) atoms. The molecule has 3 N–H and O–H groups in total. The summed E-state index contributed by atoms with van der Waals surface area (Å²) in [5, 5.41) is 1.06. The number of thiophene rings is 1. The number of anilines is 1. The van der Waals surface area contributed by atoms with E-state index < -0.39 is 33.7 Å². The number of quaternary nitrogens is 1. The highest BCUT2D eigenvalue weighted by Crippen LogP contribution is 2.29. The van der Waals surface area contributed by atoms with E-state index in [1.807, 2.05) is 14.1 Å². The number of likely N-dealkylation sites (N-methyl/N-ethyl adjacent to an activating group) is 1. The van der Waals surface area contributed by atoms with Crippen LogP contribution in [-0.4, -0.2) is 67.5 Å². The zero-order valence-corrected chi connectivity index (χ0v) is 24.0. The molecule has 0 aliphatic carbocycles. The molecule has 1 aromatic carbocycles. The topological polar surface area (TPSA) is 127 Å². The molecule has 1 saturated heterocycles. The molecule has 10 nitrogen and oxygen atoms in total. The first-order chi connectivity index (χ1) is 18.2. The third-order valence-electron chi connectivity index (χ3n) is 6.18. The van der Waals surface area contributed by atoms with Crippen LogP contribution in [-0.2, 0) is 26.2 Å². The van der Waals surface area contributed by atoms with Crippen LogP contribution in [0.25, 0.3) is 11.3 Å². The minimum Gasteiger partial charge on any atom is -0.365 e. The first kappa shape index (κ1) is 28.9. The minimum absolute atomic E-state index is 0.0527. The number of carbonyl (C=O) groups excluding carboxylic acids is 2. The van der Waals surface area contributed by atoms with Crippen molar-refractivity contribution in [1.29, 1.82) is 0 Å². The van der Waals surface area contributed by atoms with Crippen LogP contribution in [0.2, 0.25) is 4.34 Å². The Morgan fingerprint density at radius 2 is 2.08 bits per heavy atom. The number of sulfonamides is 1. The number of benzene rings is 1. The van der Waals surface area contributed by atoms with Crippen molar-refractivity contribution in [2.45, 2.75) is 25.9 Å². The highest BCUT2D eigenvalue weighted by molar-refractivity contribution is 7.92. The number of rotatable bonds is 10. The summed E-state index contributed by atoms with van der Waals surface area (Å²) in [5.41, 5.74) is 6.37. The molecule has 3 heterocycles. The van der Waals surface area contributed by atoms with Crippen LogP contribution in [0, 0.1) is 5.82 Å². The van der Waals surface area contributed by atoms with Crippen molar-refractivity contribution >= 4 is 56.0 Å². The van der Waals surface area contributed by atoms with E-state index in [0.717, 1.165) is 5.41 Å². The number of imidazole rings is 1. The Bertz CT molecular complexity index is 1550. The van der Waals surface area contributed by atoms with Gasteiger partial charge in [0.2, 0.25) is 15.9 Å². The molecular formula is C25H29ClFN6O4S2+. The molecule has 0 bridgehead atoms. The first-order valence-electron chi connectivity index (χ1n) is 11.9. The number of halogens is 2. The predicted octanol–water partition coefficient (Wildman–Crippen LogP) is 2.87. The number of allylic oxidation sites excluding steroid dienone is 1. The molecule has 1 aliphatic rings. The minimum atomic E-state index is -3.95. The van der Waals surface area contributed by atoms with E-state index in [-0.39, 0.29) is 29.7 Å². The van der Waals surface area contributed by atoms with Crippen LogP contribution < -0.4 is 15.4 Å². The largest absolute Gasteiger partial charge is 0.365 e. The van der Waals surface area contributed by atoms with Crippen molar-refractivity contribution in [3.05, 3.63) is 69.0 Å². The van der Waals surface area contributed by atoms with Crippen LogP contribution in [0.15, 0.2) is 48.1 Å². The molecule has 4 rings (SSSR count). The second-order valence-corrected chi connectivity index (χ2v) is 13.2. The molecule has 1 fully saturated rings. The lowest BCUT2D eigenvalue weighted by molar-refractivity contribution is -0.896. The Hall–Kier alpha value is -3.10. The zero-order valence-electron chi connectivity index (χ0n) is 21.6. The van der Waals surface area contributed by atoms with Crippen molar-refractivity contribution < 1.29 is 26.9 Å². The fraction of sp³-hybridized carbons (Fsp3) is 0.320. The summed E-state index contributed by atoms with van der Waals surface area (Å²) < 4.78 is 45.6. The van der Waals surface area contributed by atoms with Gasteiger partial charge >= 0.3 is 0 Å². The molecule has 1 atom stereocenters. The fourth-order valence-electron chi connectivity index (χ4n) is 4.49. The fourth-order valence-corrected chi connectivity index (χ4v) is 6.85. The third kappa shape index (κ3) is 6.92. The Morgan fingerprint density at radius 3 is 2.72 bits per heavy atom. The van der Waals surface area contributed by atoms with Gasteiger partial charge < -0.3 is 15.1 Å². The molecule has 1 aliphatic heterocycles. The van der Waals surface area contributed by atoms with E-state index in [2.05, 4.69) is 9.71 Å². The number of nitrogens with two attached hydrogens (primary N) is 1. The van der Waals surface area contributed by atoms with Gasteiger partial charge in [-0.05, 0) is 43.2 Å². The number of amides is 2. The van der Waals surface area contributed by atoms with E-state index in [1.165, 1.54) is 28.4 Å². The van der Waals surface area contributed by atoms with E-state index in [9.17, 15) is 18.0 Å². The van der Waals surface area contributed by atoms with Gasteiger partial charge in [0.05, 0.1) is 29.5 Å². The molecule has 0 saturated carbocycles. The van der Waals surface area contributed by atoms with Crippen LogP contribution in [0.5, 0.6) is 0 Å². The molecule has 2 amide bonds. The number of primary amides is 1. The van der Waals surface area contributed by atoms with Gasteiger partial charge in [-0.1, -0.05) is 11.6 Å². The van der Waals surface area contributed by atoms with Gasteiger partial charge in [-0.2, -0.15) is 4.72 Å². The average molecular weight is 596 g/mol. The summed E-state index contributed by atoms with van der Waals surface area (Å²) >= 11 is 7.18. The summed E-state index contributed by atoms with van der Waals surface area (Å²) in [6.07, 6.45) is 3.45. The van der Waals surface area contributed by atoms with Gasteiger partial charge in [-0.15, -0.1) is 11.3 Å². The summed E-state index contributed by atoms with van der Waals surface area (Å²) in [6, 6.07) is 6.80. The second kappa shape index (κ2) is 11.2. The van der Waals surface area contributed by atoms with Gasteiger partial charge in [0, 0.05) is 35.6 Å². The first-order valence-corrected chi connectivity index (χ1v) is 14.7. The van der Waals surface area contributed by atoms with E-state index in [0.29, 0.717) is 32.8 Å².